The number of para-hydroxylation sites is 1. The average molecular weight is 289 g/mol. The van der Waals surface area contributed by atoms with Gasteiger partial charge in [0.25, 0.3) is 0 Å². The Morgan fingerprint density at radius 3 is 2.76 bits per heavy atom. The highest BCUT2D eigenvalue weighted by Gasteiger charge is 2.08. The summed E-state index contributed by atoms with van der Waals surface area (Å²) < 4.78 is 0.950. The average Bonchev–Trinajstić information content (AvgIpc) is 2.74. The van der Waals surface area contributed by atoms with E-state index >= 15 is 0 Å². The predicted octanol–water partition coefficient (Wildman–Crippen LogP) is 3.46. The van der Waals surface area contributed by atoms with Crippen molar-refractivity contribution in [2.45, 2.75) is 0 Å². The lowest BCUT2D eigenvalue weighted by atomic mass is 10.3. The van der Waals surface area contributed by atoms with Crippen molar-refractivity contribution in [3.63, 3.8) is 0 Å². The zero-order valence-corrected chi connectivity index (χ0v) is 10.4. The molecule has 0 aliphatic heterocycles. The summed E-state index contributed by atoms with van der Waals surface area (Å²) in [7, 11) is 0. The van der Waals surface area contributed by atoms with E-state index < -0.39 is 0 Å². The van der Waals surface area contributed by atoms with Crippen LogP contribution in [-0.2, 0) is 0 Å². The van der Waals surface area contributed by atoms with Gasteiger partial charge in [0.1, 0.15) is 17.8 Å². The summed E-state index contributed by atoms with van der Waals surface area (Å²) in [5.41, 5.74) is 1.81. The van der Waals surface area contributed by atoms with Crippen LogP contribution in [-0.4, -0.2) is 15.0 Å². The number of halogens is 1. The summed E-state index contributed by atoms with van der Waals surface area (Å²) in [6.07, 6.45) is 3.39. The first kappa shape index (κ1) is 10.3. The highest BCUT2D eigenvalue weighted by atomic mass is 79.9. The molecule has 4 nitrogen and oxygen atoms in total. The van der Waals surface area contributed by atoms with E-state index in [2.05, 4.69) is 36.2 Å². The summed E-state index contributed by atoms with van der Waals surface area (Å²) in [4.78, 5) is 11.5. The lowest BCUT2D eigenvalue weighted by Gasteiger charge is -2.06. The highest BCUT2D eigenvalue weighted by molar-refractivity contribution is 9.10. The van der Waals surface area contributed by atoms with Crippen molar-refractivity contribution in [3.05, 3.63) is 47.3 Å². The fourth-order valence-corrected chi connectivity index (χ4v) is 2.17. The van der Waals surface area contributed by atoms with Gasteiger partial charge in [-0.2, -0.15) is 0 Å². The van der Waals surface area contributed by atoms with Gasteiger partial charge in [-0.3, -0.25) is 0 Å². The molecule has 2 aromatic heterocycles. The number of nitrogens with zero attached hydrogens (tertiary/aromatic N) is 2. The van der Waals surface area contributed by atoms with E-state index in [1.807, 2.05) is 36.5 Å². The molecule has 0 atom stereocenters. The summed E-state index contributed by atoms with van der Waals surface area (Å²) in [6.45, 7) is 0. The third kappa shape index (κ3) is 1.89. The molecule has 0 amide bonds. The van der Waals surface area contributed by atoms with E-state index in [4.69, 9.17) is 0 Å². The first-order valence-corrected chi connectivity index (χ1v) is 5.93. The van der Waals surface area contributed by atoms with Crippen molar-refractivity contribution in [3.8, 4) is 0 Å². The van der Waals surface area contributed by atoms with Crippen LogP contribution in [0.5, 0.6) is 0 Å². The Balaban J connectivity index is 2.09. The molecule has 3 rings (SSSR count). The maximum Gasteiger partial charge on any atom is 0.144 e. The van der Waals surface area contributed by atoms with E-state index in [0.717, 1.165) is 27.0 Å². The van der Waals surface area contributed by atoms with Gasteiger partial charge in [-0.05, 0) is 28.1 Å². The molecule has 17 heavy (non-hydrogen) atoms. The second kappa shape index (κ2) is 4.18. The van der Waals surface area contributed by atoms with E-state index in [0.29, 0.717) is 0 Å². The van der Waals surface area contributed by atoms with Gasteiger partial charge in [-0.25, -0.2) is 9.97 Å². The van der Waals surface area contributed by atoms with Crippen molar-refractivity contribution in [2.75, 3.05) is 5.32 Å². The number of aromatic amines is 1. The first-order chi connectivity index (χ1) is 8.34. The molecule has 5 heteroatoms. The molecule has 0 saturated heterocycles. The number of aromatic nitrogens is 3. The smallest absolute Gasteiger partial charge is 0.144 e. The highest BCUT2D eigenvalue weighted by Crippen LogP contribution is 2.29. The largest absolute Gasteiger partial charge is 0.345 e. The molecule has 84 valence electrons. The molecule has 0 spiro atoms. The Hall–Kier alpha value is -1.88. The summed E-state index contributed by atoms with van der Waals surface area (Å²) in [5, 5.41) is 4.23. The van der Waals surface area contributed by atoms with Crippen LogP contribution >= 0.6 is 15.9 Å². The molecular formula is C12H9BrN4. The van der Waals surface area contributed by atoms with Gasteiger partial charge in [-0.15, -0.1) is 0 Å². The van der Waals surface area contributed by atoms with Gasteiger partial charge < -0.3 is 10.3 Å². The maximum absolute atomic E-state index is 4.26. The molecular weight excluding hydrogens is 280 g/mol. The van der Waals surface area contributed by atoms with E-state index in [1.54, 1.807) is 0 Å². The quantitative estimate of drug-likeness (QED) is 0.759. The van der Waals surface area contributed by atoms with E-state index in [9.17, 15) is 0 Å². The topological polar surface area (TPSA) is 53.6 Å². The minimum atomic E-state index is 0.786. The molecule has 0 fully saturated rings. The van der Waals surface area contributed by atoms with Crippen LogP contribution in [0.4, 0.5) is 11.5 Å². The number of rotatable bonds is 2. The number of anilines is 2. The second-order valence-electron chi connectivity index (χ2n) is 3.57. The zero-order valence-electron chi connectivity index (χ0n) is 8.81. The van der Waals surface area contributed by atoms with Gasteiger partial charge in [0.05, 0.1) is 5.39 Å². The molecule has 0 aliphatic carbocycles. The molecule has 1 aromatic carbocycles. The normalized spacial score (nSPS) is 10.6. The van der Waals surface area contributed by atoms with Crippen molar-refractivity contribution in [1.82, 2.24) is 15.0 Å². The van der Waals surface area contributed by atoms with Gasteiger partial charge in [0.2, 0.25) is 0 Å². The molecule has 0 unspecified atom stereocenters. The maximum atomic E-state index is 4.26. The molecule has 3 aromatic rings. The van der Waals surface area contributed by atoms with Gasteiger partial charge in [-0.1, -0.05) is 18.2 Å². The van der Waals surface area contributed by atoms with Crippen molar-refractivity contribution in [2.24, 2.45) is 0 Å². The van der Waals surface area contributed by atoms with Gasteiger partial charge in [0.15, 0.2) is 0 Å². The Morgan fingerprint density at radius 2 is 1.94 bits per heavy atom. The Kier molecular flexibility index (Phi) is 2.53. The fraction of sp³-hybridized carbons (Fsp3) is 0. The van der Waals surface area contributed by atoms with E-state index in [-0.39, 0.29) is 0 Å². The van der Waals surface area contributed by atoms with Crippen LogP contribution < -0.4 is 5.32 Å². The molecule has 0 radical (unpaired) electrons. The number of benzene rings is 1. The van der Waals surface area contributed by atoms with Crippen LogP contribution in [0.25, 0.3) is 11.0 Å². The van der Waals surface area contributed by atoms with Crippen LogP contribution in [0.2, 0.25) is 0 Å². The number of fused-ring (bicyclic) bond motifs is 1. The molecule has 2 N–H and O–H groups in total. The van der Waals surface area contributed by atoms with Gasteiger partial charge in [0, 0.05) is 16.4 Å². The third-order valence-corrected chi connectivity index (χ3v) is 3.08. The standard InChI is InChI=1S/C12H9BrN4/c13-9-6-14-11-10(9)12(16-7-15-11)17-8-4-2-1-3-5-8/h1-7H,(H2,14,15,16,17). The van der Waals surface area contributed by atoms with Gasteiger partial charge >= 0.3 is 0 Å². The Morgan fingerprint density at radius 1 is 1.12 bits per heavy atom. The van der Waals surface area contributed by atoms with Crippen LogP contribution in [0.1, 0.15) is 0 Å². The molecule has 0 bridgehead atoms. The monoisotopic (exact) mass is 288 g/mol. The summed E-state index contributed by atoms with van der Waals surface area (Å²) >= 11 is 3.48. The van der Waals surface area contributed by atoms with Crippen molar-refractivity contribution >= 4 is 38.5 Å². The third-order valence-electron chi connectivity index (χ3n) is 2.46. The minimum absolute atomic E-state index is 0.786. The Bertz CT molecular complexity index is 648. The molecule has 2 heterocycles. The second-order valence-corrected chi connectivity index (χ2v) is 4.43. The molecule has 0 aliphatic rings. The van der Waals surface area contributed by atoms with Crippen LogP contribution in [0.15, 0.2) is 47.3 Å². The number of nitrogens with one attached hydrogen (secondary N) is 2. The SMILES string of the molecule is Brc1c[nH]c2ncnc(Nc3ccccc3)c12. The Labute approximate surface area is 106 Å². The van der Waals surface area contributed by atoms with E-state index in [1.165, 1.54) is 6.33 Å². The number of hydrogen-bond acceptors (Lipinski definition) is 3. The summed E-state index contributed by atoms with van der Waals surface area (Å²) in [6, 6.07) is 9.93. The number of hydrogen-bond donors (Lipinski definition) is 2. The first-order valence-electron chi connectivity index (χ1n) is 5.14. The number of H-pyrrole nitrogens is 1. The van der Waals surface area contributed by atoms with Crippen molar-refractivity contribution in [1.29, 1.82) is 0 Å². The molecule has 0 saturated carbocycles. The predicted molar refractivity (Wildman–Crippen MR) is 71.3 cm³/mol. The van der Waals surface area contributed by atoms with Crippen molar-refractivity contribution < 1.29 is 0 Å². The fourth-order valence-electron chi connectivity index (χ4n) is 1.68. The summed E-state index contributed by atoms with van der Waals surface area (Å²) in [5.74, 6) is 0.786. The van der Waals surface area contributed by atoms with Crippen LogP contribution in [0, 0.1) is 0 Å². The lowest BCUT2D eigenvalue weighted by Crippen LogP contribution is -1.94. The lowest BCUT2D eigenvalue weighted by molar-refractivity contribution is 1.20. The van der Waals surface area contributed by atoms with Crippen LogP contribution in [0.3, 0.4) is 0 Å². The minimum Gasteiger partial charge on any atom is -0.345 e. The zero-order chi connectivity index (χ0) is 11.7.